The highest BCUT2D eigenvalue weighted by atomic mass is 16.5. The summed E-state index contributed by atoms with van der Waals surface area (Å²) in [4.78, 5) is 4.59. The molecule has 2 rings (SSSR count). The highest BCUT2D eigenvalue weighted by Gasteiger charge is 1.98. The van der Waals surface area contributed by atoms with Gasteiger partial charge in [0, 0.05) is 6.21 Å². The first-order valence-electron chi connectivity index (χ1n) is 13.8. The van der Waals surface area contributed by atoms with Crippen molar-refractivity contribution in [3.63, 3.8) is 0 Å². The Morgan fingerprint density at radius 1 is 0.529 bits per heavy atom. The Bertz CT molecular complexity index is 752. The van der Waals surface area contributed by atoms with Gasteiger partial charge in [0.05, 0.1) is 18.9 Å². The van der Waals surface area contributed by atoms with Gasteiger partial charge in [-0.05, 0) is 66.9 Å². The van der Waals surface area contributed by atoms with Crippen LogP contribution in [0.5, 0.6) is 11.5 Å². The maximum Gasteiger partial charge on any atom is 0.119 e. The number of hydrogen-bond donors (Lipinski definition) is 0. The van der Waals surface area contributed by atoms with Crippen molar-refractivity contribution in [1.29, 1.82) is 0 Å². The molecule has 3 nitrogen and oxygen atoms in total. The van der Waals surface area contributed by atoms with E-state index in [4.69, 9.17) is 9.47 Å². The lowest BCUT2D eigenvalue weighted by Crippen LogP contribution is -1.97. The van der Waals surface area contributed by atoms with E-state index in [1.54, 1.807) is 0 Å². The van der Waals surface area contributed by atoms with E-state index in [0.717, 1.165) is 48.8 Å². The Hall–Kier alpha value is -2.29. The van der Waals surface area contributed by atoms with Gasteiger partial charge in [-0.15, -0.1) is 0 Å². The zero-order chi connectivity index (χ0) is 24.1. The first kappa shape index (κ1) is 28.0. The van der Waals surface area contributed by atoms with Crippen molar-refractivity contribution in [3.8, 4) is 11.5 Å². The number of ether oxygens (including phenoxy) is 2. The van der Waals surface area contributed by atoms with Gasteiger partial charge in [0.1, 0.15) is 11.5 Å². The Morgan fingerprint density at radius 2 is 0.941 bits per heavy atom. The fraction of sp³-hybridized carbons (Fsp3) is 0.581. The summed E-state index contributed by atoms with van der Waals surface area (Å²) in [5.74, 6) is 1.86. The molecule has 0 N–H and O–H groups in total. The molecule has 0 fully saturated rings. The standard InChI is InChI=1S/C31H47NO2/c1-3-5-7-9-11-12-14-16-26-34-31-23-19-29(20-24-31)32-27-28-17-21-30(22-18-28)33-25-15-13-10-8-6-4-2/h17-24,27H,3-16,25-26H2,1-2H3. The molecule has 3 heteroatoms. The molecule has 0 spiro atoms. The second kappa shape index (κ2) is 19.1. The number of hydrogen-bond acceptors (Lipinski definition) is 3. The Balaban J connectivity index is 1.59. The van der Waals surface area contributed by atoms with Crippen LogP contribution in [-0.2, 0) is 0 Å². The number of aliphatic imine (C=N–C) groups is 1. The number of rotatable bonds is 20. The van der Waals surface area contributed by atoms with Crippen LogP contribution in [0.25, 0.3) is 0 Å². The molecule has 0 saturated heterocycles. The topological polar surface area (TPSA) is 30.8 Å². The summed E-state index contributed by atoms with van der Waals surface area (Å²) in [5, 5.41) is 0. The highest BCUT2D eigenvalue weighted by Crippen LogP contribution is 2.19. The minimum atomic E-state index is 0.796. The summed E-state index contributed by atoms with van der Waals surface area (Å²) in [6.45, 7) is 6.11. The van der Waals surface area contributed by atoms with E-state index in [2.05, 4.69) is 31.0 Å². The molecule has 2 aromatic rings. The molecule has 0 saturated carbocycles. The second-order valence-corrected chi connectivity index (χ2v) is 9.26. The van der Waals surface area contributed by atoms with Gasteiger partial charge < -0.3 is 9.47 Å². The first-order chi connectivity index (χ1) is 16.8. The van der Waals surface area contributed by atoms with Crippen molar-refractivity contribution in [1.82, 2.24) is 0 Å². The normalized spacial score (nSPS) is 11.2. The molecule has 0 amide bonds. The predicted molar refractivity (Wildman–Crippen MR) is 147 cm³/mol. The molecule has 0 heterocycles. The zero-order valence-corrected chi connectivity index (χ0v) is 21.8. The van der Waals surface area contributed by atoms with Crippen molar-refractivity contribution >= 4 is 11.9 Å². The molecule has 0 atom stereocenters. The monoisotopic (exact) mass is 465 g/mol. The average Bonchev–Trinajstić information content (AvgIpc) is 2.87. The molecular weight excluding hydrogens is 418 g/mol. The number of nitrogens with zero attached hydrogens (tertiary/aromatic N) is 1. The van der Waals surface area contributed by atoms with Crippen molar-refractivity contribution in [2.75, 3.05) is 13.2 Å². The Labute approximate surface area is 209 Å². The lowest BCUT2D eigenvalue weighted by Gasteiger charge is -2.07. The molecule has 34 heavy (non-hydrogen) atoms. The Kier molecular flexibility index (Phi) is 15.7. The van der Waals surface area contributed by atoms with Crippen LogP contribution in [0, 0.1) is 0 Å². The van der Waals surface area contributed by atoms with Crippen LogP contribution in [0.15, 0.2) is 53.5 Å². The van der Waals surface area contributed by atoms with Gasteiger partial charge in [0.15, 0.2) is 0 Å². The van der Waals surface area contributed by atoms with E-state index in [1.165, 1.54) is 77.0 Å². The van der Waals surface area contributed by atoms with E-state index >= 15 is 0 Å². The largest absolute Gasteiger partial charge is 0.494 e. The smallest absolute Gasteiger partial charge is 0.119 e. The van der Waals surface area contributed by atoms with Gasteiger partial charge in [-0.2, -0.15) is 0 Å². The van der Waals surface area contributed by atoms with E-state index in [-0.39, 0.29) is 0 Å². The summed E-state index contributed by atoms with van der Waals surface area (Å²) in [6.07, 6.45) is 20.1. The average molecular weight is 466 g/mol. The van der Waals surface area contributed by atoms with Gasteiger partial charge in [-0.25, -0.2) is 0 Å². The molecule has 0 radical (unpaired) electrons. The molecular formula is C31H47NO2. The summed E-state index contributed by atoms with van der Waals surface area (Å²) in [7, 11) is 0. The maximum atomic E-state index is 5.88. The molecule has 0 aliphatic carbocycles. The molecule has 0 bridgehead atoms. The highest BCUT2D eigenvalue weighted by molar-refractivity contribution is 5.82. The third-order valence-electron chi connectivity index (χ3n) is 6.11. The molecule has 0 unspecified atom stereocenters. The van der Waals surface area contributed by atoms with Crippen LogP contribution in [0.3, 0.4) is 0 Å². The van der Waals surface area contributed by atoms with E-state index in [0.29, 0.717) is 0 Å². The molecule has 0 aromatic heterocycles. The van der Waals surface area contributed by atoms with Gasteiger partial charge in [-0.1, -0.05) is 90.9 Å². The third kappa shape index (κ3) is 13.4. The van der Waals surface area contributed by atoms with Gasteiger partial charge in [0.25, 0.3) is 0 Å². The number of unbranched alkanes of at least 4 members (excludes halogenated alkanes) is 12. The van der Waals surface area contributed by atoms with Gasteiger partial charge in [0.2, 0.25) is 0 Å². The van der Waals surface area contributed by atoms with Crippen molar-refractivity contribution < 1.29 is 9.47 Å². The molecule has 188 valence electrons. The quantitative estimate of drug-likeness (QED) is 0.144. The van der Waals surface area contributed by atoms with Crippen LogP contribution in [0.4, 0.5) is 5.69 Å². The summed E-state index contributed by atoms with van der Waals surface area (Å²) in [6, 6.07) is 16.2. The van der Waals surface area contributed by atoms with E-state index < -0.39 is 0 Å². The van der Waals surface area contributed by atoms with Crippen LogP contribution in [0.1, 0.15) is 109 Å². The summed E-state index contributed by atoms with van der Waals surface area (Å²) >= 11 is 0. The fourth-order valence-corrected chi connectivity index (χ4v) is 3.93. The van der Waals surface area contributed by atoms with Crippen molar-refractivity contribution in [2.45, 2.75) is 104 Å². The van der Waals surface area contributed by atoms with Crippen LogP contribution < -0.4 is 9.47 Å². The van der Waals surface area contributed by atoms with Crippen LogP contribution >= 0.6 is 0 Å². The lowest BCUT2D eigenvalue weighted by molar-refractivity contribution is 0.304. The van der Waals surface area contributed by atoms with E-state index in [9.17, 15) is 0 Å². The van der Waals surface area contributed by atoms with Crippen LogP contribution in [-0.4, -0.2) is 19.4 Å². The first-order valence-corrected chi connectivity index (χ1v) is 13.8. The summed E-state index contributed by atoms with van der Waals surface area (Å²) in [5.41, 5.74) is 2.00. The molecule has 2 aromatic carbocycles. The third-order valence-corrected chi connectivity index (χ3v) is 6.11. The molecule has 0 aliphatic heterocycles. The minimum absolute atomic E-state index is 0.796. The van der Waals surface area contributed by atoms with Crippen molar-refractivity contribution in [2.24, 2.45) is 4.99 Å². The molecule has 0 aliphatic rings. The second-order valence-electron chi connectivity index (χ2n) is 9.26. The zero-order valence-electron chi connectivity index (χ0n) is 21.8. The number of benzene rings is 2. The lowest BCUT2D eigenvalue weighted by atomic mass is 10.1. The fourth-order valence-electron chi connectivity index (χ4n) is 3.93. The van der Waals surface area contributed by atoms with Gasteiger partial charge >= 0.3 is 0 Å². The predicted octanol–water partition coefficient (Wildman–Crippen LogP) is 9.70. The van der Waals surface area contributed by atoms with Crippen molar-refractivity contribution in [3.05, 3.63) is 54.1 Å². The van der Waals surface area contributed by atoms with Crippen LogP contribution in [0.2, 0.25) is 0 Å². The maximum absolute atomic E-state index is 5.88. The van der Waals surface area contributed by atoms with E-state index in [1.807, 2.05) is 42.6 Å². The SMILES string of the molecule is CCCCCCCCCCOc1ccc(N=Cc2ccc(OCCCCCCCC)cc2)cc1. The minimum Gasteiger partial charge on any atom is -0.494 e. The summed E-state index contributed by atoms with van der Waals surface area (Å²) < 4.78 is 11.7. The Morgan fingerprint density at radius 3 is 1.41 bits per heavy atom. The van der Waals surface area contributed by atoms with Gasteiger partial charge in [-0.3, -0.25) is 4.99 Å².